The second kappa shape index (κ2) is 5.73. The standard InChI is InChI=1S/C16H18N6O2/c17-16-20-12-5-8(11-3-4-18-22-11)1-2-10(12)15(21-16)19-9-6-13(23)14(24)7-9/h1-5,9,13-14,23-24H,6-7H2,(H,18,22)(H3,17,19,20,21)/t13-,14-/m1/s1. The van der Waals surface area contributed by atoms with Crippen molar-refractivity contribution in [2.75, 3.05) is 11.1 Å². The van der Waals surface area contributed by atoms with Crippen LogP contribution in [0.4, 0.5) is 11.8 Å². The normalized spacial score (nSPS) is 21.4. The van der Waals surface area contributed by atoms with Gasteiger partial charge in [-0.15, -0.1) is 0 Å². The first-order valence-electron chi connectivity index (χ1n) is 7.80. The molecule has 2 aromatic heterocycles. The highest BCUT2D eigenvalue weighted by atomic mass is 16.3. The molecule has 1 aromatic carbocycles. The zero-order valence-corrected chi connectivity index (χ0v) is 12.8. The van der Waals surface area contributed by atoms with E-state index in [0.717, 1.165) is 22.2 Å². The van der Waals surface area contributed by atoms with Crippen molar-refractivity contribution in [1.82, 2.24) is 20.2 Å². The van der Waals surface area contributed by atoms with Crippen LogP contribution in [0.2, 0.25) is 0 Å². The number of nitrogen functional groups attached to an aromatic ring is 1. The number of nitrogens with two attached hydrogens (primary N) is 1. The molecular formula is C16H18N6O2. The molecule has 0 radical (unpaired) electrons. The van der Waals surface area contributed by atoms with Gasteiger partial charge in [-0.2, -0.15) is 10.1 Å². The fourth-order valence-corrected chi connectivity index (χ4v) is 3.15. The molecule has 3 aromatic rings. The number of anilines is 2. The average molecular weight is 326 g/mol. The molecule has 4 rings (SSSR count). The third-order valence-electron chi connectivity index (χ3n) is 4.36. The van der Waals surface area contributed by atoms with Gasteiger partial charge in [0.2, 0.25) is 5.95 Å². The van der Waals surface area contributed by atoms with E-state index >= 15 is 0 Å². The van der Waals surface area contributed by atoms with Crippen LogP contribution < -0.4 is 11.1 Å². The van der Waals surface area contributed by atoms with Crippen LogP contribution in [0, 0.1) is 0 Å². The molecule has 8 nitrogen and oxygen atoms in total. The summed E-state index contributed by atoms with van der Waals surface area (Å²) in [6, 6.07) is 7.63. The molecule has 6 N–H and O–H groups in total. The van der Waals surface area contributed by atoms with Crippen molar-refractivity contribution in [2.45, 2.75) is 31.1 Å². The van der Waals surface area contributed by atoms with Crippen molar-refractivity contribution < 1.29 is 10.2 Å². The molecule has 1 fully saturated rings. The van der Waals surface area contributed by atoms with Crippen LogP contribution in [-0.2, 0) is 0 Å². The SMILES string of the molecule is Nc1nc(NC2C[C@@H](O)[C@H](O)C2)c2ccc(-c3ccn[nH]3)cc2n1. The molecule has 1 saturated carbocycles. The average Bonchev–Trinajstić information content (AvgIpc) is 3.17. The summed E-state index contributed by atoms with van der Waals surface area (Å²) in [5.41, 5.74) is 8.41. The summed E-state index contributed by atoms with van der Waals surface area (Å²) in [4.78, 5) is 8.58. The Morgan fingerprint density at radius 3 is 2.62 bits per heavy atom. The number of aliphatic hydroxyl groups is 2. The highest BCUT2D eigenvalue weighted by Gasteiger charge is 2.31. The van der Waals surface area contributed by atoms with Crippen LogP contribution in [-0.4, -0.2) is 48.6 Å². The van der Waals surface area contributed by atoms with E-state index in [0.29, 0.717) is 18.7 Å². The molecular weight excluding hydrogens is 308 g/mol. The summed E-state index contributed by atoms with van der Waals surface area (Å²) in [5, 5.41) is 30.4. The number of nitrogens with zero attached hydrogens (tertiary/aromatic N) is 3. The van der Waals surface area contributed by atoms with Crippen LogP contribution in [0.15, 0.2) is 30.5 Å². The van der Waals surface area contributed by atoms with E-state index in [-0.39, 0.29) is 12.0 Å². The summed E-state index contributed by atoms with van der Waals surface area (Å²) in [6.07, 6.45) is 1.22. The fourth-order valence-electron chi connectivity index (χ4n) is 3.15. The molecule has 0 unspecified atom stereocenters. The Balaban J connectivity index is 1.71. The minimum absolute atomic E-state index is 0.0558. The molecule has 0 amide bonds. The Morgan fingerprint density at radius 2 is 1.92 bits per heavy atom. The van der Waals surface area contributed by atoms with Crippen molar-refractivity contribution in [2.24, 2.45) is 0 Å². The number of benzene rings is 1. The Bertz CT molecular complexity index is 856. The third kappa shape index (κ3) is 2.66. The van der Waals surface area contributed by atoms with Crippen molar-refractivity contribution in [3.05, 3.63) is 30.5 Å². The zero-order valence-electron chi connectivity index (χ0n) is 12.8. The minimum atomic E-state index is -0.708. The Kier molecular flexibility index (Phi) is 3.55. The quantitative estimate of drug-likeness (QED) is 0.483. The van der Waals surface area contributed by atoms with Gasteiger partial charge in [-0.05, 0) is 31.0 Å². The summed E-state index contributed by atoms with van der Waals surface area (Å²) >= 11 is 0. The summed E-state index contributed by atoms with van der Waals surface area (Å²) in [7, 11) is 0. The maximum absolute atomic E-state index is 9.70. The highest BCUT2D eigenvalue weighted by molar-refractivity contribution is 5.92. The Morgan fingerprint density at radius 1 is 1.12 bits per heavy atom. The van der Waals surface area contributed by atoms with Crippen LogP contribution in [0.1, 0.15) is 12.8 Å². The maximum atomic E-state index is 9.70. The van der Waals surface area contributed by atoms with Gasteiger partial charge in [0, 0.05) is 23.2 Å². The van der Waals surface area contributed by atoms with Crippen molar-refractivity contribution in [3.63, 3.8) is 0 Å². The predicted octanol–water partition coefficient (Wildman–Crippen LogP) is 0.898. The first-order valence-corrected chi connectivity index (χ1v) is 7.80. The lowest BCUT2D eigenvalue weighted by Crippen LogP contribution is -2.18. The minimum Gasteiger partial charge on any atom is -0.390 e. The van der Waals surface area contributed by atoms with Crippen LogP contribution in [0.3, 0.4) is 0 Å². The van der Waals surface area contributed by atoms with Gasteiger partial charge >= 0.3 is 0 Å². The smallest absolute Gasteiger partial charge is 0.222 e. The largest absolute Gasteiger partial charge is 0.390 e. The predicted molar refractivity (Wildman–Crippen MR) is 90.2 cm³/mol. The van der Waals surface area contributed by atoms with E-state index in [1.807, 2.05) is 24.3 Å². The van der Waals surface area contributed by atoms with E-state index in [1.165, 1.54) is 0 Å². The second-order valence-electron chi connectivity index (χ2n) is 6.08. The topological polar surface area (TPSA) is 133 Å². The van der Waals surface area contributed by atoms with Gasteiger partial charge in [0.15, 0.2) is 0 Å². The number of hydrogen-bond acceptors (Lipinski definition) is 7. The first-order chi connectivity index (χ1) is 11.6. The molecule has 0 saturated heterocycles. The van der Waals surface area contributed by atoms with Gasteiger partial charge < -0.3 is 21.3 Å². The molecule has 8 heteroatoms. The maximum Gasteiger partial charge on any atom is 0.222 e. The van der Waals surface area contributed by atoms with Crippen LogP contribution >= 0.6 is 0 Å². The van der Waals surface area contributed by atoms with Gasteiger partial charge in [0.05, 0.1) is 23.4 Å². The van der Waals surface area contributed by atoms with E-state index in [1.54, 1.807) is 6.20 Å². The molecule has 2 heterocycles. The molecule has 24 heavy (non-hydrogen) atoms. The summed E-state index contributed by atoms with van der Waals surface area (Å²) in [6.45, 7) is 0. The molecule has 124 valence electrons. The fraction of sp³-hybridized carbons (Fsp3) is 0.312. The number of hydrogen-bond donors (Lipinski definition) is 5. The van der Waals surface area contributed by atoms with E-state index < -0.39 is 12.2 Å². The number of nitrogens with one attached hydrogen (secondary N) is 2. The number of aliphatic hydroxyl groups excluding tert-OH is 2. The first kappa shape index (κ1) is 14.9. The van der Waals surface area contributed by atoms with E-state index in [2.05, 4.69) is 25.5 Å². The molecule has 1 aliphatic carbocycles. The molecule has 2 atom stereocenters. The zero-order chi connectivity index (χ0) is 16.7. The molecule has 0 aliphatic heterocycles. The van der Waals surface area contributed by atoms with Crippen molar-refractivity contribution >= 4 is 22.7 Å². The van der Waals surface area contributed by atoms with E-state index in [9.17, 15) is 10.2 Å². The van der Waals surface area contributed by atoms with Crippen molar-refractivity contribution in [3.8, 4) is 11.3 Å². The number of aromatic amines is 1. The van der Waals surface area contributed by atoms with Gasteiger partial charge in [0.25, 0.3) is 0 Å². The van der Waals surface area contributed by atoms with Gasteiger partial charge in [0.1, 0.15) is 5.82 Å². The number of aromatic nitrogens is 4. The lowest BCUT2D eigenvalue weighted by molar-refractivity contribution is 0.0438. The third-order valence-corrected chi connectivity index (χ3v) is 4.36. The number of rotatable bonds is 3. The van der Waals surface area contributed by atoms with Gasteiger partial charge in [-0.25, -0.2) is 4.98 Å². The monoisotopic (exact) mass is 326 g/mol. The second-order valence-corrected chi connectivity index (χ2v) is 6.08. The molecule has 0 spiro atoms. The van der Waals surface area contributed by atoms with E-state index in [4.69, 9.17) is 5.73 Å². The van der Waals surface area contributed by atoms with Gasteiger partial charge in [-0.1, -0.05) is 6.07 Å². The number of H-pyrrole nitrogens is 1. The Labute approximate surface area is 137 Å². The van der Waals surface area contributed by atoms with Crippen LogP contribution in [0.5, 0.6) is 0 Å². The van der Waals surface area contributed by atoms with Crippen LogP contribution in [0.25, 0.3) is 22.2 Å². The number of fused-ring (bicyclic) bond motifs is 1. The lowest BCUT2D eigenvalue weighted by Gasteiger charge is -2.15. The molecule has 1 aliphatic rings. The van der Waals surface area contributed by atoms with Gasteiger partial charge in [-0.3, -0.25) is 5.10 Å². The summed E-state index contributed by atoms with van der Waals surface area (Å²) in [5.74, 6) is 0.783. The highest BCUT2D eigenvalue weighted by Crippen LogP contribution is 2.29. The Hall–Kier alpha value is -2.71. The summed E-state index contributed by atoms with van der Waals surface area (Å²) < 4.78 is 0. The van der Waals surface area contributed by atoms with Crippen molar-refractivity contribution in [1.29, 1.82) is 0 Å². The lowest BCUT2D eigenvalue weighted by atomic mass is 10.1. The molecule has 0 bridgehead atoms.